The Hall–Kier alpha value is -3.23. The van der Waals surface area contributed by atoms with Crippen LogP contribution in [-0.4, -0.2) is 50.8 Å². The van der Waals surface area contributed by atoms with Crippen molar-refractivity contribution in [2.75, 3.05) is 13.1 Å². The highest BCUT2D eigenvalue weighted by Crippen LogP contribution is 2.69. The minimum Gasteiger partial charge on any atom is -0.504 e. The number of ether oxygens (including phenoxy) is 1. The monoisotopic (exact) mass is 471 g/mol. The number of hydrogen-bond acceptors (Lipinski definition) is 5. The number of aliphatic imine (C=N–C) groups is 1. The molecule has 7 N–H and O–H groups in total. The molecule has 8 heteroatoms. The molecule has 2 aromatic carbocycles. The molecular weight excluding hydrogens is 442 g/mol. The Morgan fingerprint density at radius 2 is 2.09 bits per heavy atom. The molecule has 0 amide bonds. The van der Waals surface area contributed by atoms with E-state index in [9.17, 15) is 10.2 Å². The van der Waals surface area contributed by atoms with Crippen LogP contribution in [0.1, 0.15) is 47.8 Å². The maximum absolute atomic E-state index is 12.9. The van der Waals surface area contributed by atoms with E-state index >= 15 is 0 Å². The zero-order valence-corrected chi connectivity index (χ0v) is 19.4. The molecule has 3 aliphatic carbocycles. The molecule has 8 rings (SSSR count). The van der Waals surface area contributed by atoms with Crippen molar-refractivity contribution >= 4 is 22.5 Å². The number of aromatic hydroxyl groups is 1. The van der Waals surface area contributed by atoms with Crippen LogP contribution in [0.5, 0.6) is 11.5 Å². The topological polar surface area (TPSA) is 133 Å². The highest BCUT2D eigenvalue weighted by Gasteiger charge is 2.72. The van der Waals surface area contributed by atoms with Crippen molar-refractivity contribution in [3.63, 3.8) is 0 Å². The molecule has 180 valence electrons. The molecular formula is C27H29N5O3. The van der Waals surface area contributed by atoms with E-state index in [1.165, 1.54) is 18.4 Å². The quantitative estimate of drug-likeness (QED) is 0.294. The average molecular weight is 472 g/mol. The number of likely N-dealkylation sites (tertiary alicyclic amines) is 1. The molecule has 1 unspecified atom stereocenters. The maximum atomic E-state index is 12.9. The third-order valence-corrected chi connectivity index (χ3v) is 9.40. The first-order chi connectivity index (χ1) is 16.9. The smallest absolute Gasteiger partial charge is 0.191 e. The third-order valence-electron chi connectivity index (χ3n) is 9.40. The van der Waals surface area contributed by atoms with Crippen LogP contribution in [0.2, 0.25) is 0 Å². The second-order valence-electron chi connectivity index (χ2n) is 11.2. The number of H-pyrrole nitrogens is 1. The molecule has 1 saturated heterocycles. The van der Waals surface area contributed by atoms with Crippen LogP contribution < -0.4 is 16.2 Å². The minimum absolute atomic E-state index is 0.00457. The lowest BCUT2D eigenvalue weighted by atomic mass is 9.49. The van der Waals surface area contributed by atoms with Gasteiger partial charge in [0.15, 0.2) is 23.6 Å². The summed E-state index contributed by atoms with van der Waals surface area (Å²) >= 11 is 0. The van der Waals surface area contributed by atoms with E-state index in [-0.39, 0.29) is 23.9 Å². The van der Waals surface area contributed by atoms with Gasteiger partial charge in [0, 0.05) is 35.5 Å². The van der Waals surface area contributed by atoms with Gasteiger partial charge in [-0.1, -0.05) is 6.07 Å². The van der Waals surface area contributed by atoms with Crippen LogP contribution in [0, 0.1) is 5.92 Å². The van der Waals surface area contributed by atoms with E-state index in [1.54, 1.807) is 6.07 Å². The normalized spacial score (nSPS) is 32.1. The zero-order valence-electron chi connectivity index (χ0n) is 19.4. The van der Waals surface area contributed by atoms with Gasteiger partial charge in [0.05, 0.1) is 22.4 Å². The number of aromatic amines is 1. The number of guanidine groups is 1. The van der Waals surface area contributed by atoms with Crippen LogP contribution in [0.3, 0.4) is 0 Å². The summed E-state index contributed by atoms with van der Waals surface area (Å²) in [7, 11) is 0. The number of benzene rings is 2. The lowest BCUT2D eigenvalue weighted by Gasteiger charge is -2.62. The lowest BCUT2D eigenvalue weighted by Crippen LogP contribution is -2.74. The molecule has 4 atom stereocenters. The molecule has 3 heterocycles. The van der Waals surface area contributed by atoms with Crippen molar-refractivity contribution in [3.8, 4) is 11.5 Å². The summed E-state index contributed by atoms with van der Waals surface area (Å²) in [6.07, 6.45) is 4.27. The summed E-state index contributed by atoms with van der Waals surface area (Å²) in [5, 5.41) is 24.7. The highest BCUT2D eigenvalue weighted by molar-refractivity contribution is 5.90. The molecule has 0 radical (unpaired) electrons. The Labute approximate surface area is 202 Å². The van der Waals surface area contributed by atoms with E-state index in [1.807, 2.05) is 24.3 Å². The SMILES string of the molecule is NC(N)=Nc1ccc2[nH]c3c(c2c1)CC1(O)[C@H]2Cc4ccc(O)c5c4[C@@]1(CCN2CC1CC1)[C@H]3O5. The molecule has 2 aliphatic heterocycles. The number of fused-ring (bicyclic) bond motifs is 4. The van der Waals surface area contributed by atoms with Crippen molar-refractivity contribution in [2.24, 2.45) is 22.4 Å². The number of phenols is 1. The largest absolute Gasteiger partial charge is 0.504 e. The van der Waals surface area contributed by atoms with Crippen LogP contribution in [0.25, 0.3) is 10.9 Å². The van der Waals surface area contributed by atoms with Crippen molar-refractivity contribution in [1.82, 2.24) is 9.88 Å². The van der Waals surface area contributed by atoms with Gasteiger partial charge in [-0.2, -0.15) is 0 Å². The van der Waals surface area contributed by atoms with Gasteiger partial charge in [0.2, 0.25) is 0 Å². The van der Waals surface area contributed by atoms with E-state index < -0.39 is 11.0 Å². The molecule has 3 aromatic rings. The van der Waals surface area contributed by atoms with Crippen molar-refractivity contribution in [3.05, 3.63) is 52.7 Å². The van der Waals surface area contributed by atoms with E-state index in [0.717, 1.165) is 59.6 Å². The van der Waals surface area contributed by atoms with E-state index in [4.69, 9.17) is 16.2 Å². The summed E-state index contributed by atoms with van der Waals surface area (Å²) < 4.78 is 6.63. The van der Waals surface area contributed by atoms with Crippen LogP contribution in [0.4, 0.5) is 5.69 Å². The van der Waals surface area contributed by atoms with Gasteiger partial charge in [-0.15, -0.1) is 0 Å². The zero-order chi connectivity index (χ0) is 23.7. The number of rotatable bonds is 3. The first-order valence-electron chi connectivity index (χ1n) is 12.6. The molecule has 5 aliphatic rings. The maximum Gasteiger partial charge on any atom is 0.191 e. The van der Waals surface area contributed by atoms with Crippen molar-refractivity contribution < 1.29 is 14.9 Å². The summed E-state index contributed by atoms with van der Waals surface area (Å²) in [6.45, 7) is 1.98. The van der Waals surface area contributed by atoms with E-state index in [0.29, 0.717) is 17.9 Å². The first-order valence-corrected chi connectivity index (χ1v) is 12.6. The number of phenolic OH excluding ortho intramolecular Hbond substituents is 1. The second-order valence-corrected chi connectivity index (χ2v) is 11.2. The average Bonchev–Trinajstić information content (AvgIpc) is 3.46. The number of nitrogens with one attached hydrogen (secondary N) is 1. The van der Waals surface area contributed by atoms with Gasteiger partial charge < -0.3 is 31.4 Å². The fourth-order valence-electron chi connectivity index (χ4n) is 7.83. The van der Waals surface area contributed by atoms with Gasteiger partial charge in [-0.3, -0.25) is 4.90 Å². The summed E-state index contributed by atoms with van der Waals surface area (Å²) in [5.41, 5.74) is 15.6. The number of hydrogen-bond donors (Lipinski definition) is 5. The fraction of sp³-hybridized carbons (Fsp3) is 0.444. The van der Waals surface area contributed by atoms with Gasteiger partial charge in [-0.25, -0.2) is 4.99 Å². The number of aromatic nitrogens is 1. The Kier molecular flexibility index (Phi) is 3.60. The fourth-order valence-corrected chi connectivity index (χ4v) is 7.83. The number of nitrogens with zero attached hydrogens (tertiary/aromatic N) is 2. The summed E-state index contributed by atoms with van der Waals surface area (Å²) in [5.74, 6) is 1.46. The first kappa shape index (κ1) is 20.0. The molecule has 1 aromatic heterocycles. The van der Waals surface area contributed by atoms with Crippen LogP contribution >= 0.6 is 0 Å². The van der Waals surface area contributed by atoms with Crippen molar-refractivity contribution in [1.29, 1.82) is 0 Å². The molecule has 1 saturated carbocycles. The lowest BCUT2D eigenvalue weighted by molar-refractivity contribution is -0.173. The molecule has 8 nitrogen and oxygen atoms in total. The van der Waals surface area contributed by atoms with Crippen LogP contribution in [-0.2, 0) is 18.3 Å². The Balaban J connectivity index is 1.38. The molecule has 1 spiro atoms. The van der Waals surface area contributed by atoms with Crippen molar-refractivity contribution in [2.45, 2.75) is 55.3 Å². The second kappa shape index (κ2) is 6.30. The Morgan fingerprint density at radius 1 is 1.23 bits per heavy atom. The number of aliphatic hydroxyl groups is 1. The van der Waals surface area contributed by atoms with Gasteiger partial charge in [0.1, 0.15) is 0 Å². The third kappa shape index (κ3) is 2.37. The predicted molar refractivity (Wildman–Crippen MR) is 132 cm³/mol. The predicted octanol–water partition coefficient (Wildman–Crippen LogP) is 2.48. The van der Waals surface area contributed by atoms with Gasteiger partial charge in [-0.05, 0) is 73.5 Å². The molecule has 2 fully saturated rings. The summed E-state index contributed by atoms with van der Waals surface area (Å²) in [6, 6.07) is 9.64. The molecule has 35 heavy (non-hydrogen) atoms. The van der Waals surface area contributed by atoms with E-state index in [2.05, 4.69) is 14.9 Å². The number of nitrogens with two attached hydrogens (primary N) is 2. The molecule has 2 bridgehead atoms. The summed E-state index contributed by atoms with van der Waals surface area (Å²) in [4.78, 5) is 10.4. The highest BCUT2D eigenvalue weighted by atomic mass is 16.5. The number of piperidine rings is 1. The standard InChI is InChI=1S/C27H29N5O3/c28-25(29)30-15-4-5-18-16(10-15)17-11-27(34)20-9-14-3-6-19(33)23-21(14)26(27,24(35-23)22(17)31-18)7-8-32(20)12-13-1-2-13/h3-6,10,13,20,24,31,33-34H,1-2,7-9,11-12H2,(H4,28,29,30)/t20-,24+,26+,27?/m1/s1. The Morgan fingerprint density at radius 3 is 2.89 bits per heavy atom. The van der Waals surface area contributed by atoms with Gasteiger partial charge in [0.25, 0.3) is 0 Å². The van der Waals surface area contributed by atoms with Gasteiger partial charge >= 0.3 is 0 Å². The minimum atomic E-state index is -1.01. The Bertz CT molecular complexity index is 1450. The van der Waals surface area contributed by atoms with Crippen LogP contribution in [0.15, 0.2) is 35.3 Å².